The van der Waals surface area contributed by atoms with Crippen LogP contribution in [0.15, 0.2) is 18.2 Å². The number of benzene rings is 1. The van der Waals surface area contributed by atoms with Gasteiger partial charge in [-0.2, -0.15) is 0 Å². The third-order valence-electron chi connectivity index (χ3n) is 3.32. The van der Waals surface area contributed by atoms with Crippen molar-refractivity contribution < 1.29 is 9.84 Å². The highest BCUT2D eigenvalue weighted by Gasteiger charge is 2.31. The second-order valence-corrected chi connectivity index (χ2v) is 4.29. The zero-order chi connectivity index (χ0) is 11.7. The highest BCUT2D eigenvalue weighted by atomic mass is 16.5. The van der Waals surface area contributed by atoms with Gasteiger partial charge in [-0.15, -0.1) is 0 Å². The molecule has 1 N–H and O–H groups in total. The Morgan fingerprint density at radius 3 is 2.88 bits per heavy atom. The smallest absolute Gasteiger partial charge is 0.119 e. The van der Waals surface area contributed by atoms with Gasteiger partial charge in [0.05, 0.1) is 19.3 Å². The molecule has 0 bridgehead atoms. The molecular weight excluding hydrogens is 202 g/mol. The lowest BCUT2D eigenvalue weighted by molar-refractivity contribution is 0.162. The largest absolute Gasteiger partial charge is 0.497 e. The summed E-state index contributed by atoms with van der Waals surface area (Å²) in [7, 11) is 1.68. The zero-order valence-electron chi connectivity index (χ0n) is 10.1. The van der Waals surface area contributed by atoms with Crippen LogP contribution in [-0.2, 0) is 6.42 Å². The molecule has 16 heavy (non-hydrogen) atoms. The summed E-state index contributed by atoms with van der Waals surface area (Å²) in [6.45, 7) is 4.90. The number of likely N-dealkylation sites (N-methyl/N-ethyl adjacent to an activating group) is 1. The number of rotatable bonds is 3. The molecule has 0 fully saturated rings. The molecule has 0 saturated heterocycles. The molecule has 3 heteroatoms. The molecule has 88 valence electrons. The van der Waals surface area contributed by atoms with Crippen molar-refractivity contribution in [1.82, 2.24) is 0 Å². The fourth-order valence-electron chi connectivity index (χ4n) is 2.48. The Kier molecular flexibility index (Phi) is 3.06. The van der Waals surface area contributed by atoms with Gasteiger partial charge in [0.2, 0.25) is 0 Å². The Hall–Kier alpha value is -1.22. The van der Waals surface area contributed by atoms with Gasteiger partial charge in [0.1, 0.15) is 5.75 Å². The van der Waals surface area contributed by atoms with Crippen molar-refractivity contribution in [1.29, 1.82) is 0 Å². The van der Waals surface area contributed by atoms with Gasteiger partial charge >= 0.3 is 0 Å². The first-order valence-electron chi connectivity index (χ1n) is 5.79. The van der Waals surface area contributed by atoms with Crippen LogP contribution < -0.4 is 9.64 Å². The van der Waals surface area contributed by atoms with Crippen LogP contribution in [0.5, 0.6) is 5.75 Å². The summed E-state index contributed by atoms with van der Waals surface area (Å²) >= 11 is 0. The minimum absolute atomic E-state index is 0.201. The average Bonchev–Trinajstić information content (AvgIpc) is 2.66. The van der Waals surface area contributed by atoms with Crippen molar-refractivity contribution in [3.05, 3.63) is 23.8 Å². The van der Waals surface area contributed by atoms with E-state index in [1.54, 1.807) is 7.11 Å². The van der Waals surface area contributed by atoms with Crippen LogP contribution in [0, 0.1) is 0 Å². The third kappa shape index (κ3) is 1.76. The molecule has 1 aromatic carbocycles. The summed E-state index contributed by atoms with van der Waals surface area (Å²) in [6.07, 6.45) is 0.594. The number of hydrogen-bond acceptors (Lipinski definition) is 3. The van der Waals surface area contributed by atoms with Gasteiger partial charge in [0.25, 0.3) is 0 Å². The topological polar surface area (TPSA) is 32.7 Å². The Balaban J connectivity index is 2.34. The fraction of sp³-hybridized carbons (Fsp3) is 0.538. The first-order chi connectivity index (χ1) is 7.67. The average molecular weight is 221 g/mol. The molecule has 1 aromatic rings. The monoisotopic (exact) mass is 221 g/mol. The molecule has 0 saturated carbocycles. The van der Waals surface area contributed by atoms with E-state index in [1.165, 1.54) is 11.3 Å². The Bertz CT molecular complexity index is 376. The Labute approximate surface area is 96.6 Å². The zero-order valence-corrected chi connectivity index (χ0v) is 10.1. The van der Waals surface area contributed by atoms with Gasteiger partial charge in [0.15, 0.2) is 0 Å². The van der Waals surface area contributed by atoms with Gasteiger partial charge in [-0.05, 0) is 44.0 Å². The van der Waals surface area contributed by atoms with Crippen LogP contribution >= 0.6 is 0 Å². The second-order valence-electron chi connectivity index (χ2n) is 4.29. The minimum Gasteiger partial charge on any atom is -0.497 e. The number of nitrogens with zero attached hydrogens (tertiary/aromatic N) is 1. The lowest BCUT2D eigenvalue weighted by Crippen LogP contribution is -2.39. The number of methoxy groups -OCH3 is 1. The van der Waals surface area contributed by atoms with E-state index in [1.807, 2.05) is 13.0 Å². The second kappa shape index (κ2) is 4.34. The van der Waals surface area contributed by atoms with Crippen LogP contribution in [0.2, 0.25) is 0 Å². The van der Waals surface area contributed by atoms with E-state index in [-0.39, 0.29) is 12.1 Å². The van der Waals surface area contributed by atoms with E-state index in [0.717, 1.165) is 18.7 Å². The summed E-state index contributed by atoms with van der Waals surface area (Å²) in [6, 6.07) is 6.33. The summed E-state index contributed by atoms with van der Waals surface area (Å²) in [5, 5.41) is 9.78. The summed E-state index contributed by atoms with van der Waals surface area (Å²) < 4.78 is 5.22. The minimum atomic E-state index is -0.307. The van der Waals surface area contributed by atoms with Crippen molar-refractivity contribution in [2.45, 2.75) is 32.4 Å². The third-order valence-corrected chi connectivity index (χ3v) is 3.32. The molecule has 0 amide bonds. The van der Waals surface area contributed by atoms with E-state index in [9.17, 15) is 5.11 Å². The van der Waals surface area contributed by atoms with Crippen molar-refractivity contribution in [3.8, 4) is 5.75 Å². The fourth-order valence-corrected chi connectivity index (χ4v) is 2.48. The first-order valence-corrected chi connectivity index (χ1v) is 5.79. The molecule has 1 heterocycles. The van der Waals surface area contributed by atoms with Crippen molar-refractivity contribution in [2.75, 3.05) is 18.6 Å². The van der Waals surface area contributed by atoms with Crippen LogP contribution in [0.3, 0.4) is 0 Å². The summed E-state index contributed by atoms with van der Waals surface area (Å²) in [5.41, 5.74) is 2.50. The van der Waals surface area contributed by atoms with E-state index in [2.05, 4.69) is 24.0 Å². The maximum atomic E-state index is 9.78. The molecule has 1 aliphatic rings. The van der Waals surface area contributed by atoms with Crippen LogP contribution in [0.1, 0.15) is 19.4 Å². The first kappa shape index (κ1) is 11.3. The lowest BCUT2D eigenvalue weighted by Gasteiger charge is -2.28. The van der Waals surface area contributed by atoms with Crippen LogP contribution in [0.4, 0.5) is 5.69 Å². The van der Waals surface area contributed by atoms with E-state index < -0.39 is 0 Å². The Morgan fingerprint density at radius 1 is 1.56 bits per heavy atom. The van der Waals surface area contributed by atoms with E-state index in [0.29, 0.717) is 0 Å². The number of aliphatic hydroxyl groups excluding tert-OH is 1. The molecule has 3 nitrogen and oxygen atoms in total. The van der Waals surface area contributed by atoms with Crippen LogP contribution in [-0.4, -0.2) is 30.9 Å². The molecule has 0 spiro atoms. The van der Waals surface area contributed by atoms with Gasteiger partial charge < -0.3 is 14.7 Å². The van der Waals surface area contributed by atoms with Gasteiger partial charge in [0, 0.05) is 12.2 Å². The van der Waals surface area contributed by atoms with E-state index >= 15 is 0 Å². The number of anilines is 1. The summed E-state index contributed by atoms with van der Waals surface area (Å²) in [4.78, 5) is 2.26. The maximum Gasteiger partial charge on any atom is 0.119 e. The highest BCUT2D eigenvalue weighted by Crippen LogP contribution is 2.35. The molecule has 1 aliphatic heterocycles. The summed E-state index contributed by atoms with van der Waals surface area (Å²) in [5.74, 6) is 0.890. The number of hydrogen-bond donors (Lipinski definition) is 1. The van der Waals surface area contributed by atoms with Crippen molar-refractivity contribution in [2.24, 2.45) is 0 Å². The molecule has 2 atom stereocenters. The van der Waals surface area contributed by atoms with Crippen LogP contribution in [0.25, 0.3) is 0 Å². The molecule has 0 aliphatic carbocycles. The van der Waals surface area contributed by atoms with Gasteiger partial charge in [-0.3, -0.25) is 0 Å². The number of fused-ring (bicyclic) bond motifs is 1. The molecule has 2 unspecified atom stereocenters. The Morgan fingerprint density at radius 2 is 2.31 bits per heavy atom. The van der Waals surface area contributed by atoms with Gasteiger partial charge in [-0.25, -0.2) is 0 Å². The van der Waals surface area contributed by atoms with E-state index in [4.69, 9.17) is 4.74 Å². The predicted octanol–water partition coefficient (Wildman–Crippen LogP) is 1.83. The van der Waals surface area contributed by atoms with Crippen molar-refractivity contribution >= 4 is 5.69 Å². The predicted molar refractivity (Wildman–Crippen MR) is 65.2 cm³/mol. The maximum absolute atomic E-state index is 9.78. The van der Waals surface area contributed by atoms with Gasteiger partial charge in [-0.1, -0.05) is 0 Å². The quantitative estimate of drug-likeness (QED) is 0.845. The molecule has 2 rings (SSSR count). The highest BCUT2D eigenvalue weighted by molar-refractivity contribution is 5.61. The normalized spacial score (nSPS) is 20.8. The lowest BCUT2D eigenvalue weighted by atomic mass is 10.1. The van der Waals surface area contributed by atoms with Crippen molar-refractivity contribution in [3.63, 3.8) is 0 Å². The number of ether oxygens (including phenoxy) is 1. The standard InChI is InChI=1S/C13H19NO2/c1-4-14-12-6-5-11(16-3)7-10(12)8-13(14)9(2)15/h5-7,9,13,15H,4,8H2,1-3H3. The molecule has 0 radical (unpaired) electrons. The number of aliphatic hydroxyl groups is 1. The SMILES string of the molecule is CCN1c2ccc(OC)cc2CC1C(C)O. The molecular formula is C13H19NO2. The molecule has 0 aromatic heterocycles.